The predicted octanol–water partition coefficient (Wildman–Crippen LogP) is 4.73. The van der Waals surface area contributed by atoms with Gasteiger partial charge in [0, 0.05) is 31.3 Å². The average molecular weight is 443 g/mol. The molecular formula is C22H23FN4O3S. The molecular weight excluding hydrogens is 419 g/mol. The summed E-state index contributed by atoms with van der Waals surface area (Å²) < 4.78 is 14.8. The van der Waals surface area contributed by atoms with Crippen molar-refractivity contribution in [1.29, 1.82) is 0 Å². The number of carbonyl (C=O) groups is 1. The summed E-state index contributed by atoms with van der Waals surface area (Å²) in [5.74, 6) is -0.749. The van der Waals surface area contributed by atoms with Gasteiger partial charge in [-0.2, -0.15) is 0 Å². The molecule has 0 atom stereocenters. The number of hydrogen-bond acceptors (Lipinski definition) is 6. The number of para-hydroxylation sites is 1. The van der Waals surface area contributed by atoms with E-state index in [1.54, 1.807) is 24.3 Å². The molecule has 162 valence electrons. The summed E-state index contributed by atoms with van der Waals surface area (Å²) in [4.78, 5) is 31.6. The van der Waals surface area contributed by atoms with Gasteiger partial charge in [-0.1, -0.05) is 43.4 Å². The SMILES string of the molecule is CCN(CC)CCN(C(=O)/C=C/c1cccc([N+](=O)[O-])c1)c1nc2c(F)cccc2s1. The maximum absolute atomic E-state index is 14.1. The van der Waals surface area contributed by atoms with Gasteiger partial charge in [0.05, 0.1) is 9.62 Å². The third-order valence-electron chi connectivity index (χ3n) is 4.89. The number of non-ortho nitro benzene ring substituents is 1. The van der Waals surface area contributed by atoms with Crippen LogP contribution >= 0.6 is 11.3 Å². The molecule has 9 heteroatoms. The first-order valence-corrected chi connectivity index (χ1v) is 10.8. The van der Waals surface area contributed by atoms with Gasteiger partial charge < -0.3 is 4.90 Å². The highest BCUT2D eigenvalue weighted by atomic mass is 32.1. The van der Waals surface area contributed by atoms with E-state index in [0.717, 1.165) is 13.1 Å². The summed E-state index contributed by atoms with van der Waals surface area (Å²) in [5.41, 5.74) is 0.738. The molecule has 0 fully saturated rings. The Kier molecular flexibility index (Phi) is 7.43. The van der Waals surface area contributed by atoms with Gasteiger partial charge in [-0.15, -0.1) is 0 Å². The van der Waals surface area contributed by atoms with Crippen molar-refractivity contribution >= 4 is 44.4 Å². The second kappa shape index (κ2) is 10.2. The molecule has 0 bridgehead atoms. The third-order valence-corrected chi connectivity index (χ3v) is 5.93. The minimum Gasteiger partial charge on any atom is -0.302 e. The van der Waals surface area contributed by atoms with Crippen molar-refractivity contribution < 1.29 is 14.1 Å². The molecule has 0 aliphatic carbocycles. The number of aromatic nitrogens is 1. The van der Waals surface area contributed by atoms with Crippen LogP contribution < -0.4 is 4.90 Å². The molecule has 0 aliphatic heterocycles. The Morgan fingerprint density at radius 3 is 2.61 bits per heavy atom. The zero-order chi connectivity index (χ0) is 22.4. The number of carbonyl (C=O) groups excluding carboxylic acids is 1. The molecule has 7 nitrogen and oxygen atoms in total. The topological polar surface area (TPSA) is 79.6 Å². The van der Waals surface area contributed by atoms with Crippen molar-refractivity contribution in [2.45, 2.75) is 13.8 Å². The Balaban J connectivity index is 1.89. The largest absolute Gasteiger partial charge is 0.302 e. The van der Waals surface area contributed by atoms with E-state index in [-0.39, 0.29) is 17.1 Å². The van der Waals surface area contributed by atoms with Crippen LogP contribution in [0.3, 0.4) is 0 Å². The van der Waals surface area contributed by atoms with Crippen LogP contribution in [0.2, 0.25) is 0 Å². The second-order valence-electron chi connectivity index (χ2n) is 6.79. The molecule has 0 unspecified atom stereocenters. The van der Waals surface area contributed by atoms with E-state index in [4.69, 9.17) is 0 Å². The molecule has 1 amide bonds. The van der Waals surface area contributed by atoms with Gasteiger partial charge >= 0.3 is 0 Å². The van der Waals surface area contributed by atoms with Gasteiger partial charge in [0.2, 0.25) is 0 Å². The van der Waals surface area contributed by atoms with E-state index in [9.17, 15) is 19.3 Å². The summed E-state index contributed by atoms with van der Waals surface area (Å²) >= 11 is 1.26. The monoisotopic (exact) mass is 442 g/mol. The number of nitro groups is 1. The Hall–Kier alpha value is -3.17. The predicted molar refractivity (Wildman–Crippen MR) is 122 cm³/mol. The number of rotatable bonds is 9. The number of fused-ring (bicyclic) bond motifs is 1. The van der Waals surface area contributed by atoms with Crippen LogP contribution in [0.15, 0.2) is 48.5 Å². The summed E-state index contributed by atoms with van der Waals surface area (Å²) in [6.07, 6.45) is 2.90. The summed E-state index contributed by atoms with van der Waals surface area (Å²) in [6.45, 7) is 6.81. The fraction of sp³-hybridized carbons (Fsp3) is 0.273. The number of likely N-dealkylation sites (N-methyl/N-ethyl adjacent to an activating group) is 1. The van der Waals surface area contributed by atoms with E-state index in [0.29, 0.717) is 28.5 Å². The number of amides is 1. The molecule has 0 saturated heterocycles. The van der Waals surface area contributed by atoms with E-state index in [1.807, 2.05) is 13.8 Å². The molecule has 31 heavy (non-hydrogen) atoms. The van der Waals surface area contributed by atoms with Crippen molar-refractivity contribution in [2.24, 2.45) is 0 Å². The molecule has 0 saturated carbocycles. The van der Waals surface area contributed by atoms with E-state index >= 15 is 0 Å². The lowest BCUT2D eigenvalue weighted by Crippen LogP contribution is -2.38. The van der Waals surface area contributed by atoms with Crippen molar-refractivity contribution in [3.8, 4) is 0 Å². The van der Waals surface area contributed by atoms with Crippen LogP contribution in [0, 0.1) is 15.9 Å². The van der Waals surface area contributed by atoms with Gasteiger partial charge in [-0.3, -0.25) is 19.8 Å². The van der Waals surface area contributed by atoms with Crippen LogP contribution in [-0.2, 0) is 4.79 Å². The normalized spacial score (nSPS) is 11.5. The summed E-state index contributed by atoms with van der Waals surface area (Å²) in [7, 11) is 0. The smallest absolute Gasteiger partial charge is 0.270 e. The van der Waals surface area contributed by atoms with Crippen LogP contribution in [0.5, 0.6) is 0 Å². The fourth-order valence-electron chi connectivity index (χ4n) is 3.10. The van der Waals surface area contributed by atoms with Gasteiger partial charge in [-0.05, 0) is 36.9 Å². The minimum absolute atomic E-state index is 0.0466. The Morgan fingerprint density at radius 1 is 1.19 bits per heavy atom. The lowest BCUT2D eigenvalue weighted by molar-refractivity contribution is -0.384. The molecule has 3 rings (SSSR count). The molecule has 1 heterocycles. The van der Waals surface area contributed by atoms with Crippen LogP contribution in [0.25, 0.3) is 16.3 Å². The van der Waals surface area contributed by atoms with Gasteiger partial charge in [0.15, 0.2) is 5.13 Å². The minimum atomic E-state index is -0.481. The second-order valence-corrected chi connectivity index (χ2v) is 7.79. The number of benzene rings is 2. The number of nitro benzene ring substituents is 1. The lowest BCUT2D eigenvalue weighted by atomic mass is 10.2. The third kappa shape index (κ3) is 5.50. The maximum atomic E-state index is 14.1. The molecule has 0 spiro atoms. The zero-order valence-electron chi connectivity index (χ0n) is 17.3. The Bertz CT molecular complexity index is 1110. The first-order valence-electron chi connectivity index (χ1n) is 9.94. The van der Waals surface area contributed by atoms with Gasteiger partial charge in [0.1, 0.15) is 11.3 Å². The highest BCUT2D eigenvalue weighted by molar-refractivity contribution is 7.22. The summed E-state index contributed by atoms with van der Waals surface area (Å²) in [6, 6.07) is 10.8. The van der Waals surface area contributed by atoms with Crippen LogP contribution in [0.1, 0.15) is 19.4 Å². The maximum Gasteiger partial charge on any atom is 0.270 e. The first kappa shape index (κ1) is 22.5. The van der Waals surface area contributed by atoms with Crippen molar-refractivity contribution in [2.75, 3.05) is 31.1 Å². The average Bonchev–Trinajstić information content (AvgIpc) is 3.20. The Morgan fingerprint density at radius 2 is 1.94 bits per heavy atom. The van der Waals surface area contributed by atoms with Crippen molar-refractivity contribution in [3.05, 3.63) is 70.0 Å². The first-order chi connectivity index (χ1) is 14.9. The van der Waals surface area contributed by atoms with E-state index < -0.39 is 10.7 Å². The highest BCUT2D eigenvalue weighted by Crippen LogP contribution is 2.30. The van der Waals surface area contributed by atoms with Gasteiger partial charge in [-0.25, -0.2) is 9.37 Å². The standard InChI is InChI=1S/C22H23FN4O3S/c1-3-25(4-2)13-14-26(22-24-21-18(23)9-6-10-19(21)31-22)20(28)12-11-16-7-5-8-17(15-16)27(29)30/h5-12,15H,3-4,13-14H2,1-2H3/b12-11+. The molecule has 3 aromatic rings. The van der Waals surface area contributed by atoms with Crippen LogP contribution in [0.4, 0.5) is 15.2 Å². The molecule has 0 aliphatic rings. The van der Waals surface area contributed by atoms with Crippen molar-refractivity contribution in [3.63, 3.8) is 0 Å². The van der Waals surface area contributed by atoms with E-state index in [2.05, 4.69) is 9.88 Å². The highest BCUT2D eigenvalue weighted by Gasteiger charge is 2.20. The van der Waals surface area contributed by atoms with Gasteiger partial charge in [0.25, 0.3) is 11.6 Å². The number of anilines is 1. The van der Waals surface area contributed by atoms with Crippen molar-refractivity contribution in [1.82, 2.24) is 9.88 Å². The Labute approximate surface area is 183 Å². The summed E-state index contributed by atoms with van der Waals surface area (Å²) in [5, 5.41) is 11.4. The van der Waals surface area contributed by atoms with E-state index in [1.165, 1.54) is 46.6 Å². The molecule has 0 N–H and O–H groups in total. The number of hydrogen-bond donors (Lipinski definition) is 0. The molecule has 2 aromatic carbocycles. The molecule has 1 aromatic heterocycles. The zero-order valence-corrected chi connectivity index (χ0v) is 18.1. The molecule has 0 radical (unpaired) electrons. The fourth-order valence-corrected chi connectivity index (χ4v) is 4.11. The number of thiazole rings is 1. The lowest BCUT2D eigenvalue weighted by Gasteiger charge is -2.23. The van der Waals surface area contributed by atoms with Crippen LogP contribution in [-0.4, -0.2) is 46.9 Å². The number of halogens is 1. The number of nitrogens with zero attached hydrogens (tertiary/aromatic N) is 4. The quantitative estimate of drug-likeness (QED) is 0.272.